The summed E-state index contributed by atoms with van der Waals surface area (Å²) in [4.78, 5) is 0. The largest absolute Gasteiger partial charge is 0.507 e. The highest BCUT2D eigenvalue weighted by Crippen LogP contribution is 2.29. The van der Waals surface area contributed by atoms with Crippen molar-refractivity contribution >= 4 is 16.5 Å². The monoisotopic (exact) mass is 261 g/mol. The quantitative estimate of drug-likeness (QED) is 0.665. The van der Waals surface area contributed by atoms with Gasteiger partial charge in [-0.1, -0.05) is 54.1 Å². The molecule has 2 heteroatoms. The van der Waals surface area contributed by atoms with E-state index < -0.39 is 0 Å². The minimum Gasteiger partial charge on any atom is -0.507 e. The molecule has 0 radical (unpaired) electrons. The lowest BCUT2D eigenvalue weighted by molar-refractivity contribution is 0.475. The highest BCUT2D eigenvalue weighted by Gasteiger charge is 2.13. The van der Waals surface area contributed by atoms with E-state index in [0.29, 0.717) is 11.3 Å². The summed E-state index contributed by atoms with van der Waals surface area (Å²) in [5, 5.41) is 20.5. The van der Waals surface area contributed by atoms with Crippen LogP contribution in [0.25, 0.3) is 10.8 Å². The molecule has 98 valence electrons. The molecule has 0 aromatic heterocycles. The zero-order valence-electron chi connectivity index (χ0n) is 11.2. The number of phenols is 1. The maximum atomic E-state index is 10.2. The smallest absolute Gasteiger partial charge is 0.125 e. The first-order valence-corrected chi connectivity index (χ1v) is 6.53. The molecule has 0 spiro atoms. The summed E-state index contributed by atoms with van der Waals surface area (Å²) >= 11 is 0. The Morgan fingerprint density at radius 1 is 0.950 bits per heavy atom. The highest BCUT2D eigenvalue weighted by atomic mass is 16.3. The number of fused-ring (bicyclic) bond motifs is 1. The number of aryl methyl sites for hydroxylation is 1. The summed E-state index contributed by atoms with van der Waals surface area (Å²) in [5.74, 6) is 0.148. The first-order chi connectivity index (χ1) is 9.66. The Hall–Kier alpha value is -2.61. The summed E-state index contributed by atoms with van der Waals surface area (Å²) < 4.78 is 0. The Labute approximate surface area is 117 Å². The summed E-state index contributed by atoms with van der Waals surface area (Å²) in [6.45, 7) is 2.00. The first kappa shape index (κ1) is 12.4. The molecule has 3 rings (SSSR count). The fourth-order valence-electron chi connectivity index (χ4n) is 2.47. The molecule has 0 saturated carbocycles. The van der Waals surface area contributed by atoms with Gasteiger partial charge in [-0.2, -0.15) is 0 Å². The van der Waals surface area contributed by atoms with Crippen LogP contribution >= 0.6 is 0 Å². The van der Waals surface area contributed by atoms with Crippen molar-refractivity contribution in [2.24, 2.45) is 0 Å². The average Bonchev–Trinajstić information content (AvgIpc) is 2.46. The van der Waals surface area contributed by atoms with Gasteiger partial charge in [-0.3, -0.25) is 5.41 Å². The first-order valence-electron chi connectivity index (χ1n) is 6.53. The Kier molecular flexibility index (Phi) is 2.99. The molecule has 0 aliphatic heterocycles. The number of benzene rings is 3. The molecule has 0 heterocycles. The maximum Gasteiger partial charge on any atom is 0.125 e. The van der Waals surface area contributed by atoms with Crippen LogP contribution in [-0.4, -0.2) is 10.8 Å². The molecular weight excluding hydrogens is 246 g/mol. The third-order valence-electron chi connectivity index (χ3n) is 3.46. The molecule has 2 N–H and O–H groups in total. The molecule has 0 atom stereocenters. The Balaban J connectivity index is 2.24. The normalized spacial score (nSPS) is 10.7. The minimum atomic E-state index is 0.148. The van der Waals surface area contributed by atoms with E-state index in [1.807, 2.05) is 61.5 Å². The van der Waals surface area contributed by atoms with Gasteiger partial charge >= 0.3 is 0 Å². The second kappa shape index (κ2) is 4.82. The molecule has 2 nitrogen and oxygen atoms in total. The van der Waals surface area contributed by atoms with E-state index in [-0.39, 0.29) is 5.75 Å². The lowest BCUT2D eigenvalue weighted by Crippen LogP contribution is -2.03. The maximum absolute atomic E-state index is 10.2. The number of aromatic hydroxyl groups is 1. The van der Waals surface area contributed by atoms with Gasteiger partial charge in [-0.25, -0.2) is 0 Å². The van der Waals surface area contributed by atoms with Gasteiger partial charge < -0.3 is 5.11 Å². The van der Waals surface area contributed by atoms with E-state index in [1.54, 1.807) is 6.07 Å². The van der Waals surface area contributed by atoms with Crippen LogP contribution in [0.3, 0.4) is 0 Å². The van der Waals surface area contributed by atoms with E-state index in [1.165, 1.54) is 0 Å². The summed E-state index contributed by atoms with van der Waals surface area (Å²) in [7, 11) is 0. The van der Waals surface area contributed by atoms with Crippen LogP contribution in [0, 0.1) is 12.3 Å². The van der Waals surface area contributed by atoms with Crippen molar-refractivity contribution in [3.63, 3.8) is 0 Å². The molecular formula is C18H15NO. The molecule has 0 aliphatic carbocycles. The van der Waals surface area contributed by atoms with Crippen LogP contribution in [0.5, 0.6) is 5.75 Å². The number of hydrogen-bond acceptors (Lipinski definition) is 2. The van der Waals surface area contributed by atoms with E-state index >= 15 is 0 Å². The van der Waals surface area contributed by atoms with Crippen LogP contribution in [0.15, 0.2) is 60.7 Å². The lowest BCUT2D eigenvalue weighted by Gasteiger charge is -2.11. The molecule has 3 aromatic carbocycles. The van der Waals surface area contributed by atoms with Crippen molar-refractivity contribution in [1.29, 1.82) is 5.41 Å². The number of nitrogens with one attached hydrogen (secondary N) is 1. The van der Waals surface area contributed by atoms with Crippen LogP contribution < -0.4 is 0 Å². The van der Waals surface area contributed by atoms with Gasteiger partial charge in [0.25, 0.3) is 0 Å². The second-order valence-electron chi connectivity index (χ2n) is 4.93. The van der Waals surface area contributed by atoms with Crippen LogP contribution in [-0.2, 0) is 0 Å². The lowest BCUT2D eigenvalue weighted by atomic mass is 9.95. The van der Waals surface area contributed by atoms with E-state index in [0.717, 1.165) is 21.9 Å². The summed E-state index contributed by atoms with van der Waals surface area (Å²) in [6, 6.07) is 19.1. The van der Waals surface area contributed by atoms with Gasteiger partial charge in [-0.15, -0.1) is 0 Å². The van der Waals surface area contributed by atoms with Gasteiger partial charge in [0.1, 0.15) is 5.75 Å². The van der Waals surface area contributed by atoms with Crippen molar-refractivity contribution in [3.05, 3.63) is 77.4 Å². The van der Waals surface area contributed by atoms with E-state index in [9.17, 15) is 5.11 Å². The van der Waals surface area contributed by atoms with Gasteiger partial charge in [0, 0.05) is 11.1 Å². The Bertz CT molecular complexity index is 805. The average molecular weight is 261 g/mol. The van der Waals surface area contributed by atoms with Crippen LogP contribution in [0.4, 0.5) is 0 Å². The third-order valence-corrected chi connectivity index (χ3v) is 3.46. The predicted molar refractivity (Wildman–Crippen MR) is 82.7 cm³/mol. The molecule has 0 fully saturated rings. The molecule has 3 aromatic rings. The van der Waals surface area contributed by atoms with Crippen molar-refractivity contribution in [2.75, 3.05) is 0 Å². The number of phenolic OH excluding ortho intramolecular Hbond substituents is 1. The SMILES string of the molecule is Cc1cccc(C(=N)c2c(O)ccc3ccccc23)c1. The van der Waals surface area contributed by atoms with Crippen molar-refractivity contribution in [3.8, 4) is 5.75 Å². The second-order valence-corrected chi connectivity index (χ2v) is 4.93. The molecule has 20 heavy (non-hydrogen) atoms. The van der Waals surface area contributed by atoms with Gasteiger partial charge in [-0.05, 0) is 29.8 Å². The number of rotatable bonds is 2. The topological polar surface area (TPSA) is 44.1 Å². The van der Waals surface area contributed by atoms with Crippen molar-refractivity contribution < 1.29 is 5.11 Å². The molecule has 0 saturated heterocycles. The molecule has 0 amide bonds. The van der Waals surface area contributed by atoms with Crippen molar-refractivity contribution in [2.45, 2.75) is 6.92 Å². The highest BCUT2D eigenvalue weighted by molar-refractivity contribution is 6.19. The van der Waals surface area contributed by atoms with Crippen LogP contribution in [0.1, 0.15) is 16.7 Å². The summed E-state index contributed by atoms with van der Waals surface area (Å²) in [6.07, 6.45) is 0. The van der Waals surface area contributed by atoms with Gasteiger partial charge in [0.2, 0.25) is 0 Å². The van der Waals surface area contributed by atoms with Crippen LogP contribution in [0.2, 0.25) is 0 Å². The minimum absolute atomic E-state index is 0.148. The fraction of sp³-hybridized carbons (Fsp3) is 0.0556. The van der Waals surface area contributed by atoms with Crippen molar-refractivity contribution in [1.82, 2.24) is 0 Å². The Morgan fingerprint density at radius 2 is 1.75 bits per heavy atom. The Morgan fingerprint density at radius 3 is 2.55 bits per heavy atom. The van der Waals surface area contributed by atoms with E-state index in [2.05, 4.69) is 0 Å². The zero-order chi connectivity index (χ0) is 14.1. The molecule has 0 bridgehead atoms. The number of hydrogen-bond donors (Lipinski definition) is 2. The predicted octanol–water partition coefficient (Wildman–Crippen LogP) is 4.27. The van der Waals surface area contributed by atoms with Gasteiger partial charge in [0.05, 0.1) is 5.71 Å². The van der Waals surface area contributed by atoms with E-state index in [4.69, 9.17) is 5.41 Å². The molecule has 0 unspecified atom stereocenters. The third kappa shape index (κ3) is 2.05. The summed E-state index contributed by atoms with van der Waals surface area (Å²) in [5.41, 5.74) is 2.86. The molecule has 0 aliphatic rings. The fourth-order valence-corrected chi connectivity index (χ4v) is 2.47. The standard InChI is InChI=1S/C18H15NO/c1-12-5-4-7-14(11-12)18(19)17-15-8-3-2-6-13(15)9-10-16(17)20/h2-11,19-20H,1H3. The zero-order valence-corrected chi connectivity index (χ0v) is 11.2. The van der Waals surface area contributed by atoms with Gasteiger partial charge in [0.15, 0.2) is 0 Å².